The highest BCUT2D eigenvalue weighted by Gasteiger charge is 2.05. The summed E-state index contributed by atoms with van der Waals surface area (Å²) in [4.78, 5) is 11.3. The lowest BCUT2D eigenvalue weighted by atomic mass is 10.1. The third-order valence-corrected chi connectivity index (χ3v) is 2.46. The first kappa shape index (κ1) is 14.3. The maximum Gasteiger partial charge on any atom is 0.314 e. The fourth-order valence-electron chi connectivity index (χ4n) is 1.55. The van der Waals surface area contributed by atoms with Crippen LogP contribution in [-0.4, -0.2) is 26.2 Å². The standard InChI is InChI=1S/C13H19FN2O2/c1-3-7-15-13(17)16-8-6-10-9-11(14)4-5-12(10)18-2/h4-5,9H,3,6-8H2,1-2H3,(H2,15,16,17). The number of benzene rings is 1. The van der Waals surface area contributed by atoms with Gasteiger partial charge in [-0.05, 0) is 36.6 Å². The lowest BCUT2D eigenvalue weighted by Gasteiger charge is -2.10. The van der Waals surface area contributed by atoms with Crippen molar-refractivity contribution in [3.63, 3.8) is 0 Å². The van der Waals surface area contributed by atoms with Crippen LogP contribution in [-0.2, 0) is 6.42 Å². The molecule has 1 rings (SSSR count). The van der Waals surface area contributed by atoms with Gasteiger partial charge in [0.2, 0.25) is 0 Å². The molecule has 0 aliphatic carbocycles. The molecule has 4 nitrogen and oxygen atoms in total. The van der Waals surface area contributed by atoms with E-state index in [-0.39, 0.29) is 11.8 Å². The van der Waals surface area contributed by atoms with Gasteiger partial charge in [0.25, 0.3) is 0 Å². The van der Waals surface area contributed by atoms with Crippen LogP contribution in [0.2, 0.25) is 0 Å². The summed E-state index contributed by atoms with van der Waals surface area (Å²) >= 11 is 0. The first-order chi connectivity index (χ1) is 8.67. The molecular formula is C13H19FN2O2. The van der Waals surface area contributed by atoms with Gasteiger partial charge >= 0.3 is 6.03 Å². The third kappa shape index (κ3) is 4.61. The van der Waals surface area contributed by atoms with Crippen LogP contribution in [0.4, 0.5) is 9.18 Å². The molecule has 0 saturated heterocycles. The Hall–Kier alpha value is -1.78. The Bertz CT molecular complexity index is 397. The van der Waals surface area contributed by atoms with Gasteiger partial charge in [-0.1, -0.05) is 6.92 Å². The number of methoxy groups -OCH3 is 1. The molecule has 0 aliphatic rings. The first-order valence-electron chi connectivity index (χ1n) is 6.01. The normalized spacial score (nSPS) is 9.94. The maximum absolute atomic E-state index is 13.1. The Morgan fingerprint density at radius 3 is 2.72 bits per heavy atom. The molecule has 2 N–H and O–H groups in total. The fraction of sp³-hybridized carbons (Fsp3) is 0.462. The summed E-state index contributed by atoms with van der Waals surface area (Å²) < 4.78 is 18.2. The molecule has 0 bridgehead atoms. The van der Waals surface area contributed by atoms with Crippen molar-refractivity contribution in [3.8, 4) is 5.75 Å². The molecule has 0 spiro atoms. The average Bonchev–Trinajstić information content (AvgIpc) is 2.36. The van der Waals surface area contributed by atoms with Crippen LogP contribution in [0.25, 0.3) is 0 Å². The second kappa shape index (κ2) is 7.53. The van der Waals surface area contributed by atoms with E-state index in [0.717, 1.165) is 12.0 Å². The van der Waals surface area contributed by atoms with Crippen molar-refractivity contribution in [2.24, 2.45) is 0 Å². The Kier molecular flexibility index (Phi) is 5.97. The number of carbonyl (C=O) groups excluding carboxylic acids is 1. The van der Waals surface area contributed by atoms with Crippen molar-refractivity contribution in [1.82, 2.24) is 10.6 Å². The van der Waals surface area contributed by atoms with Crippen LogP contribution in [0.15, 0.2) is 18.2 Å². The van der Waals surface area contributed by atoms with Crippen LogP contribution in [0.5, 0.6) is 5.75 Å². The Balaban J connectivity index is 2.43. The van der Waals surface area contributed by atoms with E-state index in [0.29, 0.717) is 25.3 Å². The zero-order valence-electron chi connectivity index (χ0n) is 10.8. The van der Waals surface area contributed by atoms with E-state index >= 15 is 0 Å². The molecule has 0 atom stereocenters. The quantitative estimate of drug-likeness (QED) is 0.816. The summed E-state index contributed by atoms with van der Waals surface area (Å²) in [6.45, 7) is 3.07. The lowest BCUT2D eigenvalue weighted by molar-refractivity contribution is 0.241. The van der Waals surface area contributed by atoms with E-state index < -0.39 is 0 Å². The molecule has 0 saturated carbocycles. The Labute approximate surface area is 107 Å². The highest BCUT2D eigenvalue weighted by atomic mass is 19.1. The highest BCUT2D eigenvalue weighted by molar-refractivity contribution is 5.73. The van der Waals surface area contributed by atoms with E-state index in [9.17, 15) is 9.18 Å². The molecule has 18 heavy (non-hydrogen) atoms. The molecule has 0 heterocycles. The second-order valence-corrected chi connectivity index (χ2v) is 3.89. The van der Waals surface area contributed by atoms with Crippen molar-refractivity contribution in [3.05, 3.63) is 29.6 Å². The molecule has 2 amide bonds. The summed E-state index contributed by atoms with van der Waals surface area (Å²) in [6, 6.07) is 4.16. The summed E-state index contributed by atoms with van der Waals surface area (Å²) in [5.74, 6) is 0.327. The van der Waals surface area contributed by atoms with Crippen LogP contribution < -0.4 is 15.4 Å². The predicted molar refractivity (Wildman–Crippen MR) is 68.3 cm³/mol. The van der Waals surface area contributed by atoms with Gasteiger partial charge in [-0.2, -0.15) is 0 Å². The number of ether oxygens (including phenoxy) is 1. The summed E-state index contributed by atoms with van der Waals surface area (Å²) in [6.07, 6.45) is 1.42. The van der Waals surface area contributed by atoms with Gasteiger partial charge in [-0.25, -0.2) is 9.18 Å². The van der Waals surface area contributed by atoms with Crippen molar-refractivity contribution in [2.45, 2.75) is 19.8 Å². The molecule has 0 radical (unpaired) electrons. The van der Waals surface area contributed by atoms with Crippen molar-refractivity contribution in [1.29, 1.82) is 0 Å². The largest absolute Gasteiger partial charge is 0.496 e. The number of halogens is 1. The highest BCUT2D eigenvalue weighted by Crippen LogP contribution is 2.19. The minimum Gasteiger partial charge on any atom is -0.496 e. The first-order valence-corrected chi connectivity index (χ1v) is 6.01. The maximum atomic E-state index is 13.1. The number of rotatable bonds is 6. The zero-order chi connectivity index (χ0) is 13.4. The third-order valence-electron chi connectivity index (χ3n) is 2.46. The van der Waals surface area contributed by atoms with Crippen molar-refractivity contribution >= 4 is 6.03 Å². The topological polar surface area (TPSA) is 50.4 Å². The number of hydrogen-bond donors (Lipinski definition) is 2. The van der Waals surface area contributed by atoms with E-state index in [1.807, 2.05) is 6.92 Å². The van der Waals surface area contributed by atoms with Crippen LogP contribution >= 0.6 is 0 Å². The molecule has 5 heteroatoms. The van der Waals surface area contributed by atoms with Crippen LogP contribution in [0, 0.1) is 5.82 Å². The summed E-state index contributed by atoms with van der Waals surface area (Å²) in [5, 5.41) is 5.41. The minimum atomic E-state index is -0.304. The van der Waals surface area contributed by atoms with E-state index in [1.165, 1.54) is 19.2 Å². The van der Waals surface area contributed by atoms with Gasteiger partial charge in [0.05, 0.1) is 7.11 Å². The monoisotopic (exact) mass is 254 g/mol. The van der Waals surface area contributed by atoms with Gasteiger partial charge in [0.15, 0.2) is 0 Å². The summed E-state index contributed by atoms with van der Waals surface area (Å²) in [5.41, 5.74) is 0.744. The second-order valence-electron chi connectivity index (χ2n) is 3.89. The molecule has 0 fully saturated rings. The average molecular weight is 254 g/mol. The molecular weight excluding hydrogens is 235 g/mol. The van der Waals surface area contributed by atoms with Gasteiger partial charge in [-0.15, -0.1) is 0 Å². The summed E-state index contributed by atoms with van der Waals surface area (Å²) in [7, 11) is 1.54. The Morgan fingerprint density at radius 1 is 1.33 bits per heavy atom. The Morgan fingerprint density at radius 2 is 2.06 bits per heavy atom. The molecule has 0 aliphatic heterocycles. The lowest BCUT2D eigenvalue weighted by Crippen LogP contribution is -2.36. The van der Waals surface area contributed by atoms with Crippen molar-refractivity contribution in [2.75, 3.05) is 20.2 Å². The fourth-order valence-corrected chi connectivity index (χ4v) is 1.55. The van der Waals surface area contributed by atoms with Gasteiger partial charge in [0.1, 0.15) is 11.6 Å². The van der Waals surface area contributed by atoms with E-state index in [2.05, 4.69) is 10.6 Å². The molecule has 1 aromatic rings. The van der Waals surface area contributed by atoms with Crippen LogP contribution in [0.1, 0.15) is 18.9 Å². The smallest absolute Gasteiger partial charge is 0.314 e. The molecule has 0 unspecified atom stereocenters. The van der Waals surface area contributed by atoms with E-state index in [4.69, 9.17) is 4.74 Å². The van der Waals surface area contributed by atoms with Gasteiger partial charge in [0, 0.05) is 13.1 Å². The number of amides is 2. The minimum absolute atomic E-state index is 0.202. The number of urea groups is 1. The van der Waals surface area contributed by atoms with Crippen molar-refractivity contribution < 1.29 is 13.9 Å². The zero-order valence-corrected chi connectivity index (χ0v) is 10.8. The molecule has 100 valence electrons. The number of nitrogens with one attached hydrogen (secondary N) is 2. The van der Waals surface area contributed by atoms with Crippen LogP contribution in [0.3, 0.4) is 0 Å². The molecule has 0 aromatic heterocycles. The van der Waals surface area contributed by atoms with E-state index in [1.54, 1.807) is 6.07 Å². The van der Waals surface area contributed by atoms with Gasteiger partial charge < -0.3 is 15.4 Å². The SMILES string of the molecule is CCCNC(=O)NCCc1cc(F)ccc1OC. The predicted octanol–water partition coefficient (Wildman–Crippen LogP) is 2.09. The number of hydrogen-bond acceptors (Lipinski definition) is 2. The number of carbonyl (C=O) groups is 1. The molecule has 1 aromatic carbocycles. The van der Waals surface area contributed by atoms with Gasteiger partial charge in [-0.3, -0.25) is 0 Å².